The maximum Gasteiger partial charge on any atom is 0.191 e. The van der Waals surface area contributed by atoms with Crippen LogP contribution in [0.1, 0.15) is 45.2 Å². The highest BCUT2D eigenvalue weighted by atomic mass is 127. The van der Waals surface area contributed by atoms with Gasteiger partial charge in [0.1, 0.15) is 0 Å². The van der Waals surface area contributed by atoms with Gasteiger partial charge in [0.25, 0.3) is 0 Å². The molecule has 3 atom stereocenters. The molecular formula is C22H39IN4O. The predicted octanol–water partition coefficient (Wildman–Crippen LogP) is 3.91. The van der Waals surface area contributed by atoms with Crippen LogP contribution in [0.25, 0.3) is 0 Å². The van der Waals surface area contributed by atoms with Crippen molar-refractivity contribution in [3.05, 3.63) is 35.9 Å². The molecule has 5 nitrogen and oxygen atoms in total. The minimum atomic E-state index is 0. The van der Waals surface area contributed by atoms with Crippen molar-refractivity contribution in [3.8, 4) is 0 Å². The van der Waals surface area contributed by atoms with Gasteiger partial charge >= 0.3 is 0 Å². The molecule has 1 fully saturated rings. The van der Waals surface area contributed by atoms with Crippen LogP contribution >= 0.6 is 24.0 Å². The van der Waals surface area contributed by atoms with Gasteiger partial charge in [-0.15, -0.1) is 24.0 Å². The number of aliphatic imine (C=N–C) groups is 1. The summed E-state index contributed by atoms with van der Waals surface area (Å²) in [5.74, 6) is 1.37. The van der Waals surface area contributed by atoms with E-state index in [0.29, 0.717) is 12.0 Å². The molecule has 0 amide bonds. The minimum absolute atomic E-state index is 0. The normalized spacial score (nSPS) is 21.8. The first-order valence-corrected chi connectivity index (χ1v) is 10.1. The number of likely N-dealkylation sites (N-methyl/N-ethyl adjacent to an activating group) is 1. The van der Waals surface area contributed by atoms with Gasteiger partial charge in [0.2, 0.25) is 0 Å². The van der Waals surface area contributed by atoms with Crippen LogP contribution in [0, 0.1) is 11.3 Å². The second-order valence-electron chi connectivity index (χ2n) is 8.78. The number of hydrogen-bond donors (Lipinski definition) is 2. The van der Waals surface area contributed by atoms with Crippen molar-refractivity contribution in [2.75, 3.05) is 40.8 Å². The van der Waals surface area contributed by atoms with Gasteiger partial charge in [-0.1, -0.05) is 51.1 Å². The second-order valence-corrected chi connectivity index (χ2v) is 8.78. The lowest BCUT2D eigenvalue weighted by atomic mass is 9.78. The molecule has 1 saturated heterocycles. The van der Waals surface area contributed by atoms with Gasteiger partial charge in [-0.05, 0) is 37.9 Å². The molecule has 1 aromatic rings. The molecule has 0 spiro atoms. The lowest BCUT2D eigenvalue weighted by molar-refractivity contribution is -0.0835. The van der Waals surface area contributed by atoms with Crippen LogP contribution in [-0.2, 0) is 4.74 Å². The fraction of sp³-hybridized carbons (Fsp3) is 0.682. The zero-order valence-electron chi connectivity index (χ0n) is 18.4. The summed E-state index contributed by atoms with van der Waals surface area (Å²) < 4.78 is 6.10. The number of rotatable bonds is 6. The highest BCUT2D eigenvalue weighted by Crippen LogP contribution is 2.33. The van der Waals surface area contributed by atoms with Crippen molar-refractivity contribution < 1.29 is 4.74 Å². The van der Waals surface area contributed by atoms with E-state index in [1.165, 1.54) is 12.0 Å². The van der Waals surface area contributed by atoms with E-state index in [-0.39, 0.29) is 35.5 Å². The third kappa shape index (κ3) is 7.52. The fourth-order valence-electron chi connectivity index (χ4n) is 3.92. The van der Waals surface area contributed by atoms with Crippen molar-refractivity contribution in [1.82, 2.24) is 15.5 Å². The predicted molar refractivity (Wildman–Crippen MR) is 130 cm³/mol. The van der Waals surface area contributed by atoms with Crippen molar-refractivity contribution in [3.63, 3.8) is 0 Å². The molecule has 2 N–H and O–H groups in total. The van der Waals surface area contributed by atoms with Crippen LogP contribution < -0.4 is 10.6 Å². The van der Waals surface area contributed by atoms with E-state index in [1.54, 1.807) is 0 Å². The summed E-state index contributed by atoms with van der Waals surface area (Å²) in [5.41, 5.74) is 1.46. The van der Waals surface area contributed by atoms with Crippen molar-refractivity contribution in [1.29, 1.82) is 0 Å². The third-order valence-corrected chi connectivity index (χ3v) is 5.32. The summed E-state index contributed by atoms with van der Waals surface area (Å²) in [7, 11) is 6.06. The number of ether oxygens (including phenoxy) is 1. The highest BCUT2D eigenvalue weighted by Gasteiger charge is 2.35. The molecule has 1 aromatic carbocycles. The van der Waals surface area contributed by atoms with E-state index in [9.17, 15) is 0 Å². The molecule has 1 aliphatic rings. The monoisotopic (exact) mass is 502 g/mol. The van der Waals surface area contributed by atoms with Crippen LogP contribution in [0.2, 0.25) is 0 Å². The Morgan fingerprint density at radius 1 is 1.21 bits per heavy atom. The van der Waals surface area contributed by atoms with Gasteiger partial charge in [0.05, 0.1) is 12.1 Å². The first-order valence-electron chi connectivity index (χ1n) is 10.1. The number of guanidine groups is 1. The molecule has 160 valence electrons. The zero-order valence-corrected chi connectivity index (χ0v) is 20.7. The highest BCUT2D eigenvalue weighted by molar-refractivity contribution is 14.0. The van der Waals surface area contributed by atoms with Crippen LogP contribution in [0.15, 0.2) is 35.3 Å². The average Bonchev–Trinajstić information content (AvgIpc) is 2.64. The average molecular weight is 502 g/mol. The Morgan fingerprint density at radius 2 is 1.89 bits per heavy atom. The molecular weight excluding hydrogens is 463 g/mol. The largest absolute Gasteiger partial charge is 0.377 e. The molecule has 1 aliphatic heterocycles. The molecule has 3 unspecified atom stereocenters. The molecule has 1 heterocycles. The van der Waals surface area contributed by atoms with Crippen LogP contribution in [0.4, 0.5) is 0 Å². The molecule has 0 radical (unpaired) electrons. The summed E-state index contributed by atoms with van der Waals surface area (Å²) in [4.78, 5) is 6.66. The van der Waals surface area contributed by atoms with E-state index in [2.05, 4.69) is 85.7 Å². The lowest BCUT2D eigenvalue weighted by Crippen LogP contribution is -2.48. The van der Waals surface area contributed by atoms with E-state index in [1.807, 2.05) is 7.05 Å². The van der Waals surface area contributed by atoms with Crippen LogP contribution in [0.5, 0.6) is 0 Å². The smallest absolute Gasteiger partial charge is 0.191 e. The Balaban J connectivity index is 0.00000392. The summed E-state index contributed by atoms with van der Waals surface area (Å²) in [6, 6.07) is 10.9. The molecule has 2 rings (SSSR count). The second kappa shape index (κ2) is 12.0. The molecule has 6 heteroatoms. The standard InChI is InChI=1S/C22H38N4O.HI/c1-22(2,3)20-18(13-10-14-27-20)15-24-21(23-4)25-16-19(26(5)6)17-11-8-7-9-12-17;/h7-9,11-12,18-20H,10,13-16H2,1-6H3,(H2,23,24,25);1H. The molecule has 0 aromatic heterocycles. The minimum Gasteiger partial charge on any atom is -0.377 e. The van der Waals surface area contributed by atoms with Crippen molar-refractivity contribution in [2.45, 2.75) is 45.8 Å². The molecule has 0 bridgehead atoms. The van der Waals surface area contributed by atoms with E-state index in [4.69, 9.17) is 4.74 Å². The van der Waals surface area contributed by atoms with Gasteiger partial charge in [-0.25, -0.2) is 0 Å². The first kappa shape index (κ1) is 25.2. The summed E-state index contributed by atoms with van der Waals surface area (Å²) in [6.45, 7) is 9.38. The third-order valence-electron chi connectivity index (χ3n) is 5.32. The van der Waals surface area contributed by atoms with Gasteiger partial charge in [0, 0.05) is 32.7 Å². The fourth-order valence-corrected chi connectivity index (χ4v) is 3.92. The van der Waals surface area contributed by atoms with Crippen LogP contribution in [0.3, 0.4) is 0 Å². The van der Waals surface area contributed by atoms with Crippen molar-refractivity contribution in [2.24, 2.45) is 16.3 Å². The first-order chi connectivity index (χ1) is 12.8. The maximum atomic E-state index is 6.10. The molecule has 0 saturated carbocycles. The summed E-state index contributed by atoms with van der Waals surface area (Å²) >= 11 is 0. The van der Waals surface area contributed by atoms with Crippen molar-refractivity contribution >= 4 is 29.9 Å². The number of benzene rings is 1. The van der Waals surface area contributed by atoms with E-state index in [0.717, 1.165) is 32.1 Å². The molecule has 28 heavy (non-hydrogen) atoms. The Bertz CT molecular complexity index is 586. The maximum absolute atomic E-state index is 6.10. The SMILES string of the molecule is CN=C(NCC1CCCOC1C(C)(C)C)NCC(c1ccccc1)N(C)C.I. The lowest BCUT2D eigenvalue weighted by Gasteiger charge is -2.40. The van der Waals surface area contributed by atoms with E-state index >= 15 is 0 Å². The van der Waals surface area contributed by atoms with E-state index < -0.39 is 0 Å². The van der Waals surface area contributed by atoms with Crippen LogP contribution in [-0.4, -0.2) is 57.8 Å². The Labute approximate surface area is 188 Å². The Hall–Kier alpha value is -0.860. The van der Waals surface area contributed by atoms with Gasteiger partial charge in [0.15, 0.2) is 5.96 Å². The Morgan fingerprint density at radius 3 is 2.46 bits per heavy atom. The number of halogens is 1. The summed E-state index contributed by atoms with van der Waals surface area (Å²) in [6.07, 6.45) is 2.63. The summed E-state index contributed by atoms with van der Waals surface area (Å²) in [5, 5.41) is 7.03. The zero-order chi connectivity index (χ0) is 19.9. The topological polar surface area (TPSA) is 48.9 Å². The number of nitrogens with one attached hydrogen (secondary N) is 2. The Kier molecular flexibility index (Phi) is 10.8. The molecule has 0 aliphatic carbocycles. The van der Waals surface area contributed by atoms with Gasteiger partial charge < -0.3 is 20.3 Å². The van der Waals surface area contributed by atoms with Gasteiger partial charge in [-0.3, -0.25) is 4.99 Å². The number of hydrogen-bond acceptors (Lipinski definition) is 3. The number of nitrogens with zero attached hydrogens (tertiary/aromatic N) is 2. The quantitative estimate of drug-likeness (QED) is 0.352. The van der Waals surface area contributed by atoms with Gasteiger partial charge in [-0.2, -0.15) is 0 Å².